The molecule has 0 radical (unpaired) electrons. The first-order valence-electron chi connectivity index (χ1n) is 10.5. The van der Waals surface area contributed by atoms with Crippen LogP contribution in [0.25, 0.3) is 0 Å². The second-order valence-corrected chi connectivity index (χ2v) is 8.22. The molecule has 0 saturated carbocycles. The molecule has 2 unspecified atom stereocenters. The number of nitrogens with zero attached hydrogens (tertiary/aromatic N) is 1. The number of rotatable bonds is 5. The molecule has 0 bridgehead atoms. The van der Waals surface area contributed by atoms with E-state index in [1.807, 2.05) is 30.9 Å². The van der Waals surface area contributed by atoms with Crippen molar-refractivity contribution < 1.29 is 14.3 Å². The highest BCUT2D eigenvalue weighted by Gasteiger charge is 2.24. The first kappa shape index (κ1) is 20.6. The minimum absolute atomic E-state index is 0.0408. The van der Waals surface area contributed by atoms with Crippen LogP contribution in [0.2, 0.25) is 0 Å². The Bertz CT molecular complexity index is 690. The first-order valence-corrected chi connectivity index (χ1v) is 10.5. The van der Waals surface area contributed by atoms with Crippen LogP contribution in [0, 0.1) is 19.8 Å². The Morgan fingerprint density at radius 1 is 1.18 bits per heavy atom. The Morgan fingerprint density at radius 2 is 1.86 bits per heavy atom. The molecule has 0 aliphatic carbocycles. The lowest BCUT2D eigenvalue weighted by Gasteiger charge is -2.30. The molecule has 3 rings (SSSR count). The molecular formula is C22H33N3O3. The first-order chi connectivity index (χ1) is 13.5. The minimum Gasteiger partial charge on any atom is -0.483 e. The minimum atomic E-state index is -0.0531. The maximum atomic E-state index is 12.7. The van der Waals surface area contributed by atoms with Gasteiger partial charge in [0.1, 0.15) is 5.75 Å². The van der Waals surface area contributed by atoms with Gasteiger partial charge in [0.15, 0.2) is 6.61 Å². The fourth-order valence-corrected chi connectivity index (χ4v) is 4.11. The summed E-state index contributed by atoms with van der Waals surface area (Å²) >= 11 is 0. The van der Waals surface area contributed by atoms with E-state index in [4.69, 9.17) is 4.74 Å². The molecule has 1 aromatic carbocycles. The van der Waals surface area contributed by atoms with Crippen molar-refractivity contribution in [3.8, 4) is 5.75 Å². The molecule has 2 N–H and O–H groups in total. The molecule has 2 amide bonds. The van der Waals surface area contributed by atoms with E-state index in [-0.39, 0.29) is 24.5 Å². The maximum Gasteiger partial charge on any atom is 0.260 e. The van der Waals surface area contributed by atoms with E-state index in [0.29, 0.717) is 17.2 Å². The van der Waals surface area contributed by atoms with Crippen molar-refractivity contribution in [2.24, 2.45) is 5.92 Å². The highest BCUT2D eigenvalue weighted by Crippen LogP contribution is 2.25. The third-order valence-corrected chi connectivity index (χ3v) is 5.92. The summed E-state index contributed by atoms with van der Waals surface area (Å²) in [5.74, 6) is 1.16. The highest BCUT2D eigenvalue weighted by atomic mass is 16.5. The lowest BCUT2D eigenvalue weighted by atomic mass is 9.94. The number of aryl methyl sites for hydroxylation is 2. The van der Waals surface area contributed by atoms with Crippen LogP contribution in [0.15, 0.2) is 12.1 Å². The molecule has 2 saturated heterocycles. The van der Waals surface area contributed by atoms with Gasteiger partial charge < -0.3 is 20.3 Å². The van der Waals surface area contributed by atoms with Gasteiger partial charge in [0.2, 0.25) is 0 Å². The van der Waals surface area contributed by atoms with Gasteiger partial charge >= 0.3 is 0 Å². The Labute approximate surface area is 168 Å². The Balaban J connectivity index is 1.61. The summed E-state index contributed by atoms with van der Waals surface area (Å²) in [6, 6.07) is 3.86. The number of hydrogen-bond donors (Lipinski definition) is 2. The van der Waals surface area contributed by atoms with E-state index in [9.17, 15) is 9.59 Å². The van der Waals surface area contributed by atoms with Crippen molar-refractivity contribution in [1.29, 1.82) is 0 Å². The van der Waals surface area contributed by atoms with Gasteiger partial charge in [-0.3, -0.25) is 9.59 Å². The smallest absolute Gasteiger partial charge is 0.260 e. The molecule has 2 aliphatic rings. The molecule has 0 spiro atoms. The number of likely N-dealkylation sites (tertiary alicyclic amines) is 1. The number of benzene rings is 1. The second kappa shape index (κ2) is 9.41. The molecule has 0 aromatic heterocycles. The number of amides is 2. The molecule has 2 heterocycles. The summed E-state index contributed by atoms with van der Waals surface area (Å²) in [6.45, 7) is 9.56. The number of carbonyl (C=O) groups excluding carboxylic acids is 2. The van der Waals surface area contributed by atoms with Crippen LogP contribution < -0.4 is 15.4 Å². The zero-order valence-electron chi connectivity index (χ0n) is 17.3. The van der Waals surface area contributed by atoms with Crippen molar-refractivity contribution in [2.45, 2.75) is 52.5 Å². The molecule has 2 atom stereocenters. The normalized spacial score (nSPS) is 22.6. The van der Waals surface area contributed by atoms with Crippen LogP contribution in [0.1, 0.15) is 54.1 Å². The number of carbonyl (C=O) groups is 2. The predicted molar refractivity (Wildman–Crippen MR) is 110 cm³/mol. The summed E-state index contributed by atoms with van der Waals surface area (Å²) in [4.78, 5) is 26.9. The van der Waals surface area contributed by atoms with Crippen LogP contribution in [0.3, 0.4) is 0 Å². The van der Waals surface area contributed by atoms with E-state index in [2.05, 4.69) is 17.6 Å². The summed E-state index contributed by atoms with van der Waals surface area (Å²) in [5, 5.41) is 6.49. The van der Waals surface area contributed by atoms with E-state index in [1.165, 1.54) is 6.42 Å². The molecule has 1 aromatic rings. The summed E-state index contributed by atoms with van der Waals surface area (Å²) < 4.78 is 5.85. The quantitative estimate of drug-likeness (QED) is 0.814. The van der Waals surface area contributed by atoms with Crippen LogP contribution in [0.4, 0.5) is 0 Å². The molecule has 2 fully saturated rings. The summed E-state index contributed by atoms with van der Waals surface area (Å²) in [7, 11) is 0. The van der Waals surface area contributed by atoms with Crippen molar-refractivity contribution >= 4 is 11.8 Å². The largest absolute Gasteiger partial charge is 0.483 e. The Morgan fingerprint density at radius 3 is 2.50 bits per heavy atom. The Kier molecular flexibility index (Phi) is 6.94. The van der Waals surface area contributed by atoms with Crippen molar-refractivity contribution in [3.05, 3.63) is 28.8 Å². The number of nitrogens with one attached hydrogen (secondary N) is 2. The molecule has 154 valence electrons. The molecule has 28 heavy (non-hydrogen) atoms. The van der Waals surface area contributed by atoms with Crippen molar-refractivity contribution in [2.75, 3.05) is 32.8 Å². The van der Waals surface area contributed by atoms with Gasteiger partial charge in [-0.2, -0.15) is 0 Å². The predicted octanol–water partition coefficient (Wildman–Crippen LogP) is 2.42. The lowest BCUT2D eigenvalue weighted by molar-refractivity contribution is -0.134. The van der Waals surface area contributed by atoms with Gasteiger partial charge in [0.05, 0.1) is 0 Å². The van der Waals surface area contributed by atoms with Gasteiger partial charge in [-0.15, -0.1) is 0 Å². The lowest BCUT2D eigenvalue weighted by Crippen LogP contribution is -2.50. The Hall–Kier alpha value is -2.08. The van der Waals surface area contributed by atoms with Crippen LogP contribution in [-0.2, 0) is 4.79 Å². The molecular weight excluding hydrogens is 354 g/mol. The van der Waals surface area contributed by atoms with Crippen LogP contribution >= 0.6 is 0 Å². The zero-order valence-corrected chi connectivity index (χ0v) is 17.3. The molecule has 6 nitrogen and oxygen atoms in total. The van der Waals surface area contributed by atoms with Gasteiger partial charge in [-0.1, -0.05) is 6.92 Å². The molecule has 2 aliphatic heterocycles. The third kappa shape index (κ3) is 5.04. The summed E-state index contributed by atoms with van der Waals surface area (Å²) in [5.41, 5.74) is 2.40. The number of ether oxygens (including phenoxy) is 1. The van der Waals surface area contributed by atoms with E-state index < -0.39 is 0 Å². The van der Waals surface area contributed by atoms with Gasteiger partial charge in [0, 0.05) is 31.2 Å². The monoisotopic (exact) mass is 387 g/mol. The number of hydrogen-bond acceptors (Lipinski definition) is 4. The maximum absolute atomic E-state index is 12.7. The second-order valence-electron chi connectivity index (χ2n) is 8.22. The average Bonchev–Trinajstić information content (AvgIpc) is 2.69. The fourth-order valence-electron chi connectivity index (χ4n) is 4.11. The molecule has 6 heteroatoms. The topological polar surface area (TPSA) is 70.7 Å². The standard InChI is InChI=1S/C22H33N3O3/c1-15-7-8-23-13-19(15)24-22(27)18-11-16(2)21(17(3)12-18)28-14-20(26)25-9-5-4-6-10-25/h11-12,15,19,23H,4-10,13-14H2,1-3H3,(H,24,27). The van der Waals surface area contributed by atoms with Gasteiger partial charge in [-0.25, -0.2) is 0 Å². The van der Waals surface area contributed by atoms with E-state index in [1.54, 1.807) is 0 Å². The van der Waals surface area contributed by atoms with Crippen LogP contribution in [-0.4, -0.2) is 55.5 Å². The summed E-state index contributed by atoms with van der Waals surface area (Å²) in [6.07, 6.45) is 4.41. The van der Waals surface area contributed by atoms with E-state index >= 15 is 0 Å². The zero-order chi connectivity index (χ0) is 20.1. The third-order valence-electron chi connectivity index (χ3n) is 5.92. The van der Waals surface area contributed by atoms with Crippen molar-refractivity contribution in [3.63, 3.8) is 0 Å². The highest BCUT2D eigenvalue weighted by molar-refractivity contribution is 5.95. The van der Waals surface area contributed by atoms with E-state index in [0.717, 1.165) is 56.6 Å². The van der Waals surface area contributed by atoms with Gasteiger partial charge in [-0.05, 0) is 75.3 Å². The average molecular weight is 388 g/mol. The van der Waals surface area contributed by atoms with Crippen molar-refractivity contribution in [1.82, 2.24) is 15.5 Å². The fraction of sp³-hybridized carbons (Fsp3) is 0.636. The number of piperidine rings is 2. The van der Waals surface area contributed by atoms with Gasteiger partial charge in [0.25, 0.3) is 11.8 Å². The SMILES string of the molecule is Cc1cc(C(=O)NC2CNCCC2C)cc(C)c1OCC(=O)N1CCCCC1. The van der Waals surface area contributed by atoms with Crippen LogP contribution in [0.5, 0.6) is 5.75 Å².